The highest BCUT2D eigenvalue weighted by molar-refractivity contribution is 7.89. The van der Waals surface area contributed by atoms with Crippen molar-refractivity contribution in [3.05, 3.63) is 64.2 Å². The van der Waals surface area contributed by atoms with Crippen LogP contribution in [0.2, 0.25) is 5.02 Å². The minimum atomic E-state index is -3.61. The summed E-state index contributed by atoms with van der Waals surface area (Å²) in [4.78, 5) is 2.36. The molecule has 2 aromatic rings. The van der Waals surface area contributed by atoms with E-state index in [1.165, 1.54) is 0 Å². The van der Waals surface area contributed by atoms with Crippen LogP contribution in [0.3, 0.4) is 0 Å². The minimum absolute atomic E-state index is 0.314. The van der Waals surface area contributed by atoms with E-state index in [2.05, 4.69) is 4.72 Å². The van der Waals surface area contributed by atoms with Gasteiger partial charge in [-0.3, -0.25) is 0 Å². The van der Waals surface area contributed by atoms with Gasteiger partial charge < -0.3 is 4.90 Å². The second-order valence-corrected chi connectivity index (χ2v) is 8.71. The fourth-order valence-corrected chi connectivity index (χ4v) is 4.34. The summed E-state index contributed by atoms with van der Waals surface area (Å²) in [5.41, 5.74) is 2.69. The molecule has 4 nitrogen and oxygen atoms in total. The maximum atomic E-state index is 12.9. The number of nitrogens with one attached hydrogen (secondary N) is 1. The van der Waals surface area contributed by atoms with Crippen LogP contribution in [0.4, 0.5) is 0 Å². The summed E-state index contributed by atoms with van der Waals surface area (Å²) in [6.07, 6.45) is 0.665. The van der Waals surface area contributed by atoms with Gasteiger partial charge in [0.05, 0.1) is 4.90 Å². The zero-order valence-corrected chi connectivity index (χ0v) is 16.7. The maximum absolute atomic E-state index is 12.9. The first-order chi connectivity index (χ1) is 11.7. The average molecular weight is 381 g/mol. The zero-order valence-electron chi connectivity index (χ0n) is 15.1. The summed E-state index contributed by atoms with van der Waals surface area (Å²) in [7, 11) is 0.325. The van der Waals surface area contributed by atoms with Crippen molar-refractivity contribution in [1.82, 2.24) is 9.62 Å². The van der Waals surface area contributed by atoms with Crippen LogP contribution in [-0.4, -0.2) is 34.0 Å². The minimum Gasteiger partial charge on any atom is -0.309 e. The van der Waals surface area contributed by atoms with E-state index < -0.39 is 10.0 Å². The topological polar surface area (TPSA) is 49.4 Å². The Bertz CT molecular complexity index is 818. The number of hydrogen-bond donors (Lipinski definition) is 1. The molecule has 6 heteroatoms. The van der Waals surface area contributed by atoms with Gasteiger partial charge in [0.2, 0.25) is 10.0 Å². The lowest BCUT2D eigenvalue weighted by molar-refractivity contribution is 0.375. The number of sulfonamides is 1. The van der Waals surface area contributed by atoms with Crippen molar-refractivity contribution in [3.63, 3.8) is 0 Å². The van der Waals surface area contributed by atoms with Crippen LogP contribution in [0.15, 0.2) is 47.4 Å². The lowest BCUT2D eigenvalue weighted by Gasteiger charge is -2.22. The number of rotatable bonds is 7. The Morgan fingerprint density at radius 3 is 2.28 bits per heavy atom. The van der Waals surface area contributed by atoms with E-state index in [9.17, 15) is 8.42 Å². The Morgan fingerprint density at radius 1 is 1.08 bits per heavy atom. The van der Waals surface area contributed by atoms with Crippen LogP contribution in [0.1, 0.15) is 29.2 Å². The molecule has 0 fully saturated rings. The number of hydrogen-bond acceptors (Lipinski definition) is 3. The lowest BCUT2D eigenvalue weighted by atomic mass is 10.0. The SMILES string of the molecule is Cc1ccc(S(=O)(=O)NC(CCN(C)C)c2ccc(Cl)cc2)c(C)c1. The first-order valence-corrected chi connectivity index (χ1v) is 10.0. The Kier molecular flexibility index (Phi) is 6.63. The van der Waals surface area contributed by atoms with Crippen LogP contribution < -0.4 is 4.72 Å². The molecular formula is C19H25ClN2O2S. The predicted octanol–water partition coefficient (Wildman–Crippen LogP) is 3.93. The third-order valence-corrected chi connectivity index (χ3v) is 5.94. The van der Waals surface area contributed by atoms with Gasteiger partial charge in [0.1, 0.15) is 0 Å². The summed E-state index contributed by atoms with van der Waals surface area (Å²) < 4.78 is 28.7. The standard InChI is InChI=1S/C19H25ClN2O2S/c1-14-5-10-19(15(2)13-14)25(23,24)21-18(11-12-22(3)4)16-6-8-17(20)9-7-16/h5-10,13,18,21H,11-12H2,1-4H3. The molecule has 136 valence electrons. The fourth-order valence-electron chi connectivity index (χ4n) is 2.73. The van der Waals surface area contributed by atoms with Gasteiger partial charge in [0.15, 0.2) is 0 Å². The maximum Gasteiger partial charge on any atom is 0.241 e. The van der Waals surface area contributed by atoms with Crippen LogP contribution >= 0.6 is 11.6 Å². The molecule has 0 spiro atoms. The van der Waals surface area contributed by atoms with Crippen LogP contribution in [-0.2, 0) is 10.0 Å². The molecule has 0 radical (unpaired) electrons. The molecule has 0 aliphatic rings. The second-order valence-electron chi connectivity index (χ2n) is 6.59. The molecule has 2 aromatic carbocycles. The van der Waals surface area contributed by atoms with Crippen molar-refractivity contribution in [1.29, 1.82) is 0 Å². The summed E-state index contributed by atoms with van der Waals surface area (Å²) in [5.74, 6) is 0. The fraction of sp³-hybridized carbons (Fsp3) is 0.368. The third kappa shape index (κ3) is 5.54. The molecule has 1 atom stereocenters. The van der Waals surface area contributed by atoms with Gasteiger partial charge in [-0.1, -0.05) is 41.4 Å². The quantitative estimate of drug-likeness (QED) is 0.791. The number of benzene rings is 2. The molecular weight excluding hydrogens is 356 g/mol. The van der Waals surface area contributed by atoms with Gasteiger partial charge in [0, 0.05) is 11.1 Å². The molecule has 0 aliphatic heterocycles. The van der Waals surface area contributed by atoms with Gasteiger partial charge in [-0.2, -0.15) is 0 Å². The Labute approximate surface area is 155 Å². The van der Waals surface area contributed by atoms with E-state index in [-0.39, 0.29) is 6.04 Å². The highest BCUT2D eigenvalue weighted by Crippen LogP contribution is 2.24. The van der Waals surface area contributed by atoms with Crippen molar-refractivity contribution in [2.24, 2.45) is 0 Å². The molecule has 0 aliphatic carbocycles. The van der Waals surface area contributed by atoms with Crippen LogP contribution in [0.5, 0.6) is 0 Å². The molecule has 1 N–H and O–H groups in total. The van der Waals surface area contributed by atoms with Crippen molar-refractivity contribution in [2.75, 3.05) is 20.6 Å². The summed E-state index contributed by atoms with van der Waals surface area (Å²) in [6.45, 7) is 4.53. The van der Waals surface area contributed by atoms with Crippen LogP contribution in [0.25, 0.3) is 0 Å². The molecule has 0 amide bonds. The third-order valence-electron chi connectivity index (χ3n) is 4.05. The Balaban J connectivity index is 2.32. The molecule has 0 saturated carbocycles. The van der Waals surface area contributed by atoms with Crippen molar-refractivity contribution >= 4 is 21.6 Å². The molecule has 0 heterocycles. The predicted molar refractivity (Wildman–Crippen MR) is 104 cm³/mol. The number of nitrogens with zero attached hydrogens (tertiary/aromatic N) is 1. The van der Waals surface area contributed by atoms with E-state index in [1.54, 1.807) is 18.2 Å². The van der Waals surface area contributed by atoms with E-state index in [4.69, 9.17) is 11.6 Å². The summed E-state index contributed by atoms with van der Waals surface area (Å²) >= 11 is 5.96. The van der Waals surface area contributed by atoms with E-state index in [0.29, 0.717) is 16.3 Å². The largest absolute Gasteiger partial charge is 0.309 e. The van der Waals surface area contributed by atoms with Crippen molar-refractivity contribution in [3.8, 4) is 0 Å². The molecule has 2 rings (SSSR count). The molecule has 25 heavy (non-hydrogen) atoms. The zero-order chi connectivity index (χ0) is 18.6. The van der Waals surface area contributed by atoms with Gasteiger partial charge in [-0.25, -0.2) is 13.1 Å². The van der Waals surface area contributed by atoms with E-state index >= 15 is 0 Å². The highest BCUT2D eigenvalue weighted by atomic mass is 35.5. The Hall–Kier alpha value is -1.40. The Morgan fingerprint density at radius 2 is 1.72 bits per heavy atom. The average Bonchev–Trinajstić information content (AvgIpc) is 2.51. The normalized spacial score (nSPS) is 13.2. The summed E-state index contributed by atoms with van der Waals surface area (Å²) in [6, 6.07) is 12.4. The first kappa shape index (κ1) is 19.9. The molecule has 0 bridgehead atoms. The van der Waals surface area contributed by atoms with Gasteiger partial charge in [0.25, 0.3) is 0 Å². The van der Waals surface area contributed by atoms with Gasteiger partial charge in [-0.05, 0) is 70.2 Å². The molecule has 0 aromatic heterocycles. The smallest absolute Gasteiger partial charge is 0.241 e. The highest BCUT2D eigenvalue weighted by Gasteiger charge is 2.23. The lowest BCUT2D eigenvalue weighted by Crippen LogP contribution is -2.31. The van der Waals surface area contributed by atoms with Gasteiger partial charge in [-0.15, -0.1) is 0 Å². The second kappa shape index (κ2) is 8.32. The summed E-state index contributed by atoms with van der Waals surface area (Å²) in [5, 5.41) is 0.632. The molecule has 0 saturated heterocycles. The van der Waals surface area contributed by atoms with Crippen LogP contribution in [0, 0.1) is 13.8 Å². The number of aryl methyl sites for hydroxylation is 2. The van der Waals surface area contributed by atoms with Gasteiger partial charge >= 0.3 is 0 Å². The number of halogens is 1. The van der Waals surface area contributed by atoms with E-state index in [0.717, 1.165) is 23.2 Å². The van der Waals surface area contributed by atoms with E-state index in [1.807, 2.05) is 57.1 Å². The first-order valence-electron chi connectivity index (χ1n) is 8.19. The monoisotopic (exact) mass is 380 g/mol. The van der Waals surface area contributed by atoms with Crippen molar-refractivity contribution in [2.45, 2.75) is 31.2 Å². The van der Waals surface area contributed by atoms with Crippen molar-refractivity contribution < 1.29 is 8.42 Å². The molecule has 1 unspecified atom stereocenters.